The van der Waals surface area contributed by atoms with Crippen LogP contribution < -0.4 is 9.47 Å². The summed E-state index contributed by atoms with van der Waals surface area (Å²) < 4.78 is 16.0. The minimum atomic E-state index is -0.301. The van der Waals surface area contributed by atoms with Gasteiger partial charge in [0.1, 0.15) is 6.61 Å². The normalized spacial score (nSPS) is 13.8. The third-order valence-corrected chi connectivity index (χ3v) is 4.62. The number of hydrogen-bond donors (Lipinski definition) is 0. The molecule has 0 amide bonds. The second-order valence-electron chi connectivity index (χ2n) is 6.06. The number of esters is 1. The average Bonchev–Trinajstić information content (AvgIpc) is 3.08. The van der Waals surface area contributed by atoms with Crippen LogP contribution in [0.2, 0.25) is 0 Å². The van der Waals surface area contributed by atoms with E-state index < -0.39 is 0 Å². The van der Waals surface area contributed by atoms with Gasteiger partial charge in [-0.1, -0.05) is 42.5 Å². The van der Waals surface area contributed by atoms with Crippen molar-refractivity contribution >= 4 is 27.9 Å². The molecule has 4 rings (SSSR count). The van der Waals surface area contributed by atoms with Gasteiger partial charge < -0.3 is 14.2 Å². The number of hydrogen-bond acceptors (Lipinski definition) is 4. The van der Waals surface area contributed by atoms with E-state index >= 15 is 0 Å². The Balaban J connectivity index is 1.87. The van der Waals surface area contributed by atoms with Gasteiger partial charge in [0.05, 0.1) is 19.8 Å². The molecule has 3 aromatic carbocycles. The van der Waals surface area contributed by atoms with Gasteiger partial charge in [-0.25, -0.2) is 4.79 Å². The van der Waals surface area contributed by atoms with Gasteiger partial charge in [-0.3, -0.25) is 0 Å². The highest BCUT2D eigenvalue weighted by Crippen LogP contribution is 2.37. The molecule has 26 heavy (non-hydrogen) atoms. The topological polar surface area (TPSA) is 44.8 Å². The SMILES string of the molecule is COc1ccc(C2=C(c3ccc4ccccc4c3)C(=O)OC2)cc1OC. The van der Waals surface area contributed by atoms with Gasteiger partial charge in [0, 0.05) is 5.57 Å². The molecule has 1 aliphatic rings. The first-order chi connectivity index (χ1) is 12.7. The van der Waals surface area contributed by atoms with Gasteiger partial charge in [-0.15, -0.1) is 0 Å². The zero-order chi connectivity index (χ0) is 18.1. The van der Waals surface area contributed by atoms with Crippen molar-refractivity contribution in [2.24, 2.45) is 0 Å². The van der Waals surface area contributed by atoms with E-state index in [0.717, 1.165) is 27.5 Å². The number of methoxy groups -OCH3 is 2. The largest absolute Gasteiger partial charge is 0.493 e. The molecule has 0 saturated carbocycles. The minimum Gasteiger partial charge on any atom is -0.493 e. The maximum Gasteiger partial charge on any atom is 0.339 e. The van der Waals surface area contributed by atoms with Crippen LogP contribution in [0.25, 0.3) is 21.9 Å². The summed E-state index contributed by atoms with van der Waals surface area (Å²) in [5, 5.41) is 2.22. The smallest absolute Gasteiger partial charge is 0.339 e. The molecule has 0 unspecified atom stereocenters. The van der Waals surface area contributed by atoms with E-state index in [9.17, 15) is 4.79 Å². The van der Waals surface area contributed by atoms with Crippen molar-refractivity contribution in [1.29, 1.82) is 0 Å². The van der Waals surface area contributed by atoms with E-state index in [2.05, 4.69) is 6.07 Å². The highest BCUT2D eigenvalue weighted by molar-refractivity contribution is 6.27. The highest BCUT2D eigenvalue weighted by atomic mass is 16.5. The maximum atomic E-state index is 12.4. The van der Waals surface area contributed by atoms with E-state index in [1.54, 1.807) is 14.2 Å². The number of carbonyl (C=O) groups excluding carboxylic acids is 1. The van der Waals surface area contributed by atoms with Crippen molar-refractivity contribution in [2.75, 3.05) is 20.8 Å². The average molecular weight is 346 g/mol. The van der Waals surface area contributed by atoms with Crippen molar-refractivity contribution in [3.05, 3.63) is 71.8 Å². The van der Waals surface area contributed by atoms with Crippen LogP contribution in [-0.4, -0.2) is 26.8 Å². The van der Waals surface area contributed by atoms with Crippen LogP contribution in [-0.2, 0) is 9.53 Å². The fourth-order valence-electron chi connectivity index (χ4n) is 3.29. The fraction of sp³-hybridized carbons (Fsp3) is 0.136. The Kier molecular flexibility index (Phi) is 4.09. The van der Waals surface area contributed by atoms with Crippen molar-refractivity contribution in [3.63, 3.8) is 0 Å². The summed E-state index contributed by atoms with van der Waals surface area (Å²) in [6.07, 6.45) is 0. The molecule has 0 bridgehead atoms. The van der Waals surface area contributed by atoms with E-state index in [1.165, 1.54) is 0 Å². The summed E-state index contributed by atoms with van der Waals surface area (Å²) in [5.74, 6) is 0.967. The van der Waals surface area contributed by atoms with Crippen molar-refractivity contribution < 1.29 is 19.0 Å². The van der Waals surface area contributed by atoms with Crippen molar-refractivity contribution in [2.45, 2.75) is 0 Å². The van der Waals surface area contributed by atoms with Gasteiger partial charge >= 0.3 is 5.97 Å². The molecule has 0 aliphatic carbocycles. The molecule has 4 heteroatoms. The zero-order valence-corrected chi connectivity index (χ0v) is 14.6. The first-order valence-corrected chi connectivity index (χ1v) is 8.33. The van der Waals surface area contributed by atoms with Gasteiger partial charge in [0.25, 0.3) is 0 Å². The monoisotopic (exact) mass is 346 g/mol. The lowest BCUT2D eigenvalue weighted by atomic mass is 9.95. The third-order valence-electron chi connectivity index (χ3n) is 4.62. The zero-order valence-electron chi connectivity index (χ0n) is 14.6. The predicted molar refractivity (Wildman–Crippen MR) is 101 cm³/mol. The first kappa shape index (κ1) is 16.2. The Morgan fingerprint density at radius 1 is 0.808 bits per heavy atom. The van der Waals surface area contributed by atoms with Crippen molar-refractivity contribution in [1.82, 2.24) is 0 Å². The lowest BCUT2D eigenvalue weighted by Crippen LogP contribution is -1.98. The maximum absolute atomic E-state index is 12.4. The molecular formula is C22H18O4. The summed E-state index contributed by atoms with van der Waals surface area (Å²) in [5.41, 5.74) is 3.20. The quantitative estimate of drug-likeness (QED) is 0.660. The Hall–Kier alpha value is -3.27. The molecule has 0 saturated heterocycles. The lowest BCUT2D eigenvalue weighted by Gasteiger charge is -2.11. The van der Waals surface area contributed by atoms with E-state index in [-0.39, 0.29) is 12.6 Å². The van der Waals surface area contributed by atoms with Crippen LogP contribution in [0.5, 0.6) is 11.5 Å². The Labute approximate surface area is 151 Å². The molecule has 130 valence electrons. The number of benzene rings is 3. The minimum absolute atomic E-state index is 0.247. The predicted octanol–water partition coefficient (Wildman–Crippen LogP) is 4.32. The number of ether oxygens (including phenoxy) is 3. The molecule has 0 spiro atoms. The molecular weight excluding hydrogens is 328 g/mol. The van der Waals surface area contributed by atoms with E-state index in [0.29, 0.717) is 17.1 Å². The number of fused-ring (bicyclic) bond motifs is 1. The fourth-order valence-corrected chi connectivity index (χ4v) is 3.29. The first-order valence-electron chi connectivity index (χ1n) is 8.33. The Bertz CT molecular complexity index is 1030. The summed E-state index contributed by atoms with van der Waals surface area (Å²) >= 11 is 0. The molecule has 0 radical (unpaired) electrons. The molecule has 0 atom stereocenters. The van der Waals surface area contributed by atoms with Crippen LogP contribution >= 0.6 is 0 Å². The number of carbonyl (C=O) groups is 1. The highest BCUT2D eigenvalue weighted by Gasteiger charge is 2.28. The summed E-state index contributed by atoms with van der Waals surface area (Å²) in [6, 6.07) is 19.7. The van der Waals surface area contributed by atoms with Crippen LogP contribution in [0.15, 0.2) is 60.7 Å². The molecule has 1 heterocycles. The molecule has 0 fully saturated rings. The van der Waals surface area contributed by atoms with Gasteiger partial charge in [-0.05, 0) is 40.1 Å². The van der Waals surface area contributed by atoms with Crippen molar-refractivity contribution in [3.8, 4) is 11.5 Å². The van der Waals surface area contributed by atoms with Gasteiger partial charge in [0.2, 0.25) is 0 Å². The molecule has 3 aromatic rings. The Morgan fingerprint density at radius 3 is 2.31 bits per heavy atom. The van der Waals surface area contributed by atoms with Crippen LogP contribution in [0, 0.1) is 0 Å². The molecule has 4 nitrogen and oxygen atoms in total. The standard InChI is InChI=1S/C22H18O4/c1-24-19-10-9-16(12-20(19)25-2)18-13-26-22(23)21(18)17-8-7-14-5-3-4-6-15(14)11-17/h3-12H,13H2,1-2H3. The Morgan fingerprint density at radius 2 is 1.54 bits per heavy atom. The summed E-state index contributed by atoms with van der Waals surface area (Å²) in [7, 11) is 3.19. The number of cyclic esters (lactones) is 1. The second kappa shape index (κ2) is 6.56. The molecule has 1 aliphatic heterocycles. The summed E-state index contributed by atoms with van der Waals surface area (Å²) in [4.78, 5) is 12.4. The number of rotatable bonds is 4. The van der Waals surface area contributed by atoms with E-state index in [4.69, 9.17) is 14.2 Å². The van der Waals surface area contributed by atoms with Crippen LogP contribution in [0.3, 0.4) is 0 Å². The second-order valence-corrected chi connectivity index (χ2v) is 6.06. The summed E-state index contributed by atoms with van der Waals surface area (Å²) in [6.45, 7) is 0.247. The lowest BCUT2D eigenvalue weighted by molar-refractivity contribution is -0.133. The molecule has 0 aromatic heterocycles. The van der Waals surface area contributed by atoms with E-state index in [1.807, 2.05) is 54.6 Å². The van der Waals surface area contributed by atoms with Gasteiger partial charge in [-0.2, -0.15) is 0 Å². The van der Waals surface area contributed by atoms with Gasteiger partial charge in [0.15, 0.2) is 11.5 Å². The van der Waals surface area contributed by atoms with Crippen LogP contribution in [0.1, 0.15) is 11.1 Å². The molecule has 0 N–H and O–H groups in total. The van der Waals surface area contributed by atoms with Crippen LogP contribution in [0.4, 0.5) is 0 Å². The third kappa shape index (κ3) is 2.69.